The Morgan fingerprint density at radius 2 is 2.11 bits per heavy atom. The summed E-state index contributed by atoms with van der Waals surface area (Å²) in [4.78, 5) is 4.50. The SMILES string of the molecule is F[C@@H]1CCNC[C@@H]1Nc1ccc2ccccc2n1. The van der Waals surface area contributed by atoms with Gasteiger partial charge in [0, 0.05) is 11.9 Å². The largest absolute Gasteiger partial charge is 0.363 e. The number of rotatable bonds is 2. The topological polar surface area (TPSA) is 37.0 Å². The van der Waals surface area contributed by atoms with Gasteiger partial charge in [-0.25, -0.2) is 9.37 Å². The Kier molecular flexibility index (Phi) is 3.11. The number of halogens is 1. The average Bonchev–Trinajstić information content (AvgIpc) is 2.41. The lowest BCUT2D eigenvalue weighted by atomic mass is 10.1. The van der Waals surface area contributed by atoms with Gasteiger partial charge in [0.1, 0.15) is 12.0 Å². The van der Waals surface area contributed by atoms with Crippen LogP contribution in [-0.4, -0.2) is 30.3 Å². The number of benzene rings is 1. The Bertz CT molecular complexity index is 543. The van der Waals surface area contributed by atoms with E-state index in [2.05, 4.69) is 15.6 Å². The van der Waals surface area contributed by atoms with Crippen LogP contribution in [0.1, 0.15) is 6.42 Å². The van der Waals surface area contributed by atoms with E-state index in [0.29, 0.717) is 13.0 Å². The smallest absolute Gasteiger partial charge is 0.127 e. The maximum Gasteiger partial charge on any atom is 0.127 e. The number of anilines is 1. The number of piperidine rings is 1. The number of aromatic nitrogens is 1. The molecule has 2 heterocycles. The molecule has 1 aromatic carbocycles. The van der Waals surface area contributed by atoms with E-state index in [0.717, 1.165) is 23.3 Å². The minimum atomic E-state index is -0.806. The molecule has 1 saturated heterocycles. The zero-order chi connectivity index (χ0) is 12.4. The molecule has 0 bridgehead atoms. The van der Waals surface area contributed by atoms with Crippen LogP contribution in [0.15, 0.2) is 36.4 Å². The zero-order valence-corrected chi connectivity index (χ0v) is 10.1. The Balaban J connectivity index is 1.81. The number of hydrogen-bond donors (Lipinski definition) is 2. The van der Waals surface area contributed by atoms with Gasteiger partial charge in [-0.05, 0) is 31.2 Å². The molecule has 1 aliphatic rings. The van der Waals surface area contributed by atoms with Gasteiger partial charge in [-0.3, -0.25) is 0 Å². The Hall–Kier alpha value is -1.68. The van der Waals surface area contributed by atoms with Gasteiger partial charge in [-0.1, -0.05) is 18.2 Å². The monoisotopic (exact) mass is 245 g/mol. The summed E-state index contributed by atoms with van der Waals surface area (Å²) in [6, 6.07) is 11.7. The summed E-state index contributed by atoms with van der Waals surface area (Å²) in [7, 11) is 0. The van der Waals surface area contributed by atoms with Gasteiger partial charge in [0.25, 0.3) is 0 Å². The summed E-state index contributed by atoms with van der Waals surface area (Å²) in [5.74, 6) is 0.741. The number of hydrogen-bond acceptors (Lipinski definition) is 3. The highest BCUT2D eigenvalue weighted by Gasteiger charge is 2.24. The second-order valence-corrected chi connectivity index (χ2v) is 4.65. The summed E-state index contributed by atoms with van der Waals surface area (Å²) >= 11 is 0. The quantitative estimate of drug-likeness (QED) is 0.852. The molecule has 0 aliphatic carbocycles. The van der Waals surface area contributed by atoms with Crippen molar-refractivity contribution in [3.8, 4) is 0 Å². The van der Waals surface area contributed by atoms with Gasteiger partial charge in [0.2, 0.25) is 0 Å². The van der Waals surface area contributed by atoms with Crippen LogP contribution in [0.4, 0.5) is 10.2 Å². The van der Waals surface area contributed by atoms with Gasteiger partial charge in [-0.2, -0.15) is 0 Å². The highest BCUT2D eigenvalue weighted by atomic mass is 19.1. The molecule has 3 nitrogen and oxygen atoms in total. The van der Waals surface area contributed by atoms with Crippen LogP contribution in [0.2, 0.25) is 0 Å². The molecule has 1 aromatic heterocycles. The average molecular weight is 245 g/mol. The van der Waals surface area contributed by atoms with Crippen molar-refractivity contribution in [2.75, 3.05) is 18.4 Å². The predicted octanol–water partition coefficient (Wildman–Crippen LogP) is 2.35. The number of nitrogens with one attached hydrogen (secondary N) is 2. The molecule has 0 amide bonds. The van der Waals surface area contributed by atoms with Crippen molar-refractivity contribution >= 4 is 16.7 Å². The zero-order valence-electron chi connectivity index (χ0n) is 10.1. The van der Waals surface area contributed by atoms with E-state index >= 15 is 0 Å². The molecule has 1 fully saturated rings. The minimum absolute atomic E-state index is 0.188. The molecular weight excluding hydrogens is 229 g/mol. The first-order valence-electron chi connectivity index (χ1n) is 6.30. The van der Waals surface area contributed by atoms with Crippen LogP contribution in [-0.2, 0) is 0 Å². The van der Waals surface area contributed by atoms with E-state index in [1.165, 1.54) is 0 Å². The van der Waals surface area contributed by atoms with Crippen LogP contribution in [0.25, 0.3) is 10.9 Å². The molecule has 18 heavy (non-hydrogen) atoms. The normalized spacial score (nSPS) is 24.1. The van der Waals surface area contributed by atoms with Gasteiger partial charge < -0.3 is 10.6 Å². The number of nitrogens with zero attached hydrogens (tertiary/aromatic N) is 1. The maximum absolute atomic E-state index is 13.7. The van der Waals surface area contributed by atoms with Crippen molar-refractivity contribution in [1.29, 1.82) is 0 Å². The van der Waals surface area contributed by atoms with Crippen molar-refractivity contribution in [2.45, 2.75) is 18.6 Å². The first-order chi connectivity index (χ1) is 8.83. The fourth-order valence-electron chi connectivity index (χ4n) is 2.30. The highest BCUT2D eigenvalue weighted by molar-refractivity contribution is 5.80. The Morgan fingerprint density at radius 3 is 3.00 bits per heavy atom. The van der Waals surface area contributed by atoms with Crippen molar-refractivity contribution in [2.24, 2.45) is 0 Å². The van der Waals surface area contributed by atoms with Gasteiger partial charge in [0.15, 0.2) is 0 Å². The molecule has 0 saturated carbocycles. The second kappa shape index (κ2) is 4.90. The van der Waals surface area contributed by atoms with Gasteiger partial charge in [-0.15, -0.1) is 0 Å². The van der Waals surface area contributed by atoms with E-state index in [4.69, 9.17) is 0 Å². The lowest BCUT2D eigenvalue weighted by Gasteiger charge is -2.27. The van der Waals surface area contributed by atoms with Gasteiger partial charge in [0.05, 0.1) is 11.6 Å². The lowest BCUT2D eigenvalue weighted by Crippen LogP contribution is -2.46. The van der Waals surface area contributed by atoms with E-state index in [-0.39, 0.29) is 6.04 Å². The molecule has 3 rings (SSSR count). The van der Waals surface area contributed by atoms with Crippen LogP contribution in [0.5, 0.6) is 0 Å². The van der Waals surface area contributed by atoms with E-state index in [1.807, 2.05) is 36.4 Å². The Morgan fingerprint density at radius 1 is 1.22 bits per heavy atom. The Labute approximate surface area is 105 Å². The molecular formula is C14H16FN3. The molecule has 0 spiro atoms. The standard InChI is InChI=1S/C14H16FN3/c15-11-7-8-16-9-13(11)18-14-6-5-10-3-1-2-4-12(10)17-14/h1-6,11,13,16H,7-9H2,(H,17,18)/t11-,13+/m1/s1. The number of para-hydroxylation sites is 1. The van der Waals surface area contributed by atoms with E-state index < -0.39 is 6.17 Å². The first kappa shape index (κ1) is 11.4. The number of pyridine rings is 1. The van der Waals surface area contributed by atoms with Crippen LogP contribution >= 0.6 is 0 Å². The maximum atomic E-state index is 13.7. The van der Waals surface area contributed by atoms with Crippen molar-refractivity contribution in [3.63, 3.8) is 0 Å². The molecule has 2 atom stereocenters. The van der Waals surface area contributed by atoms with Crippen molar-refractivity contribution in [3.05, 3.63) is 36.4 Å². The fraction of sp³-hybridized carbons (Fsp3) is 0.357. The second-order valence-electron chi connectivity index (χ2n) is 4.65. The lowest BCUT2D eigenvalue weighted by molar-refractivity contribution is 0.241. The molecule has 1 aliphatic heterocycles. The number of fused-ring (bicyclic) bond motifs is 1. The summed E-state index contributed by atoms with van der Waals surface area (Å²) in [5, 5.41) is 7.47. The van der Waals surface area contributed by atoms with Gasteiger partial charge >= 0.3 is 0 Å². The summed E-state index contributed by atoms with van der Waals surface area (Å²) in [6.45, 7) is 1.40. The molecule has 94 valence electrons. The highest BCUT2D eigenvalue weighted by Crippen LogP contribution is 2.17. The van der Waals surface area contributed by atoms with Crippen LogP contribution in [0, 0.1) is 0 Å². The van der Waals surface area contributed by atoms with Crippen LogP contribution in [0.3, 0.4) is 0 Å². The third-order valence-corrected chi connectivity index (χ3v) is 3.33. The molecule has 0 unspecified atom stereocenters. The van der Waals surface area contributed by atoms with Crippen molar-refractivity contribution in [1.82, 2.24) is 10.3 Å². The van der Waals surface area contributed by atoms with Crippen LogP contribution < -0.4 is 10.6 Å². The summed E-state index contributed by atoms with van der Waals surface area (Å²) in [6.07, 6.45) is -0.245. The molecule has 2 aromatic rings. The summed E-state index contributed by atoms with van der Waals surface area (Å²) < 4.78 is 13.7. The first-order valence-corrected chi connectivity index (χ1v) is 6.30. The predicted molar refractivity (Wildman–Crippen MR) is 71.5 cm³/mol. The molecule has 0 radical (unpaired) electrons. The van der Waals surface area contributed by atoms with E-state index in [9.17, 15) is 4.39 Å². The third kappa shape index (κ3) is 2.29. The molecule has 4 heteroatoms. The molecule has 2 N–H and O–H groups in total. The third-order valence-electron chi connectivity index (χ3n) is 3.33. The minimum Gasteiger partial charge on any atom is -0.363 e. The summed E-state index contributed by atoms with van der Waals surface area (Å²) in [5.41, 5.74) is 0.932. The fourth-order valence-corrected chi connectivity index (χ4v) is 2.30. The van der Waals surface area contributed by atoms with E-state index in [1.54, 1.807) is 0 Å². The number of alkyl halides is 1. The van der Waals surface area contributed by atoms with Crippen molar-refractivity contribution < 1.29 is 4.39 Å².